The van der Waals surface area contributed by atoms with E-state index in [1.807, 2.05) is 42.3 Å². The number of hydrogen-bond acceptors (Lipinski definition) is 3. The smallest absolute Gasteiger partial charge is 0.475 e. The summed E-state index contributed by atoms with van der Waals surface area (Å²) in [6, 6.07) is 16.4. The van der Waals surface area contributed by atoms with Crippen molar-refractivity contribution in [3.05, 3.63) is 82.0 Å². The molecule has 0 fully saturated rings. The summed E-state index contributed by atoms with van der Waals surface area (Å²) < 4.78 is 31.7. The van der Waals surface area contributed by atoms with Gasteiger partial charge in [-0.3, -0.25) is 9.78 Å². The first-order valence-electron chi connectivity index (χ1n) is 10.4. The summed E-state index contributed by atoms with van der Waals surface area (Å²) in [6.07, 6.45) is -1.42. The number of amides is 1. The number of rotatable bonds is 1. The van der Waals surface area contributed by atoms with Crippen molar-refractivity contribution in [3.63, 3.8) is 0 Å². The third kappa shape index (κ3) is 6.14. The van der Waals surface area contributed by atoms with E-state index in [1.54, 1.807) is 6.92 Å². The average molecular weight is 491 g/mol. The van der Waals surface area contributed by atoms with E-state index in [0.29, 0.717) is 11.6 Å². The Morgan fingerprint density at radius 1 is 1.00 bits per heavy atom. The molecule has 0 saturated carbocycles. The first kappa shape index (κ1) is 25.2. The molecular weight excluding hydrogens is 469 g/mol. The van der Waals surface area contributed by atoms with Crippen molar-refractivity contribution in [2.24, 2.45) is 0 Å². The Labute approximate surface area is 199 Å². The van der Waals surface area contributed by atoms with Gasteiger partial charge in [-0.05, 0) is 72.4 Å². The van der Waals surface area contributed by atoms with E-state index in [4.69, 9.17) is 21.5 Å². The van der Waals surface area contributed by atoms with Gasteiger partial charge in [-0.15, -0.1) is 0 Å². The lowest BCUT2D eigenvalue weighted by Gasteiger charge is -2.28. The van der Waals surface area contributed by atoms with Crippen LogP contribution in [0.4, 0.5) is 18.9 Å². The number of pyridine rings is 1. The number of fused-ring (bicyclic) bond motifs is 2. The Morgan fingerprint density at radius 2 is 1.68 bits per heavy atom. The van der Waals surface area contributed by atoms with Crippen molar-refractivity contribution in [2.45, 2.75) is 39.4 Å². The van der Waals surface area contributed by atoms with Gasteiger partial charge in [-0.2, -0.15) is 13.2 Å². The Balaban J connectivity index is 0.000000406. The highest BCUT2D eigenvalue weighted by atomic mass is 35.5. The lowest BCUT2D eigenvalue weighted by atomic mass is 9.93. The van der Waals surface area contributed by atoms with Gasteiger partial charge in [-0.1, -0.05) is 29.8 Å². The average Bonchev–Trinajstić information content (AvgIpc) is 2.75. The molecule has 2 aromatic carbocycles. The number of alkyl halides is 3. The number of hydrogen-bond donors (Lipinski definition) is 1. The number of aromatic nitrogens is 1. The molecule has 1 aliphatic rings. The zero-order valence-corrected chi connectivity index (χ0v) is 19.2. The Morgan fingerprint density at radius 3 is 2.26 bits per heavy atom. The molecule has 0 saturated heterocycles. The number of benzene rings is 2. The van der Waals surface area contributed by atoms with Gasteiger partial charge >= 0.3 is 12.1 Å². The molecule has 178 valence electrons. The number of nitrogens with zero attached hydrogens (tertiary/aromatic N) is 2. The molecular formula is C25H22ClF3N2O3. The van der Waals surface area contributed by atoms with Gasteiger partial charge in [0.05, 0.1) is 12.2 Å². The van der Waals surface area contributed by atoms with Crippen molar-refractivity contribution in [3.8, 4) is 11.3 Å². The highest BCUT2D eigenvalue weighted by Gasteiger charge is 2.38. The van der Waals surface area contributed by atoms with E-state index in [0.717, 1.165) is 40.9 Å². The summed E-state index contributed by atoms with van der Waals surface area (Å²) in [7, 11) is 0. The molecule has 0 spiro atoms. The van der Waals surface area contributed by atoms with Gasteiger partial charge in [0.25, 0.3) is 0 Å². The Hall–Kier alpha value is -3.39. The van der Waals surface area contributed by atoms with Gasteiger partial charge in [0.2, 0.25) is 5.91 Å². The zero-order valence-electron chi connectivity index (χ0n) is 18.5. The van der Waals surface area contributed by atoms with Crippen LogP contribution in [0.15, 0.2) is 54.7 Å². The van der Waals surface area contributed by atoms with E-state index < -0.39 is 12.1 Å². The first-order chi connectivity index (χ1) is 16.0. The molecule has 34 heavy (non-hydrogen) atoms. The molecule has 1 N–H and O–H groups in total. The Bertz CT molecular complexity index is 1210. The molecule has 1 amide bonds. The molecule has 2 heterocycles. The number of carbonyl (C=O) groups is 2. The predicted molar refractivity (Wildman–Crippen MR) is 124 cm³/mol. The largest absolute Gasteiger partial charge is 0.490 e. The van der Waals surface area contributed by atoms with E-state index in [2.05, 4.69) is 29.2 Å². The molecule has 0 bridgehead atoms. The third-order valence-electron chi connectivity index (χ3n) is 5.36. The predicted octanol–water partition coefficient (Wildman–Crippen LogP) is 6.00. The van der Waals surface area contributed by atoms with Crippen molar-refractivity contribution in [2.75, 3.05) is 4.90 Å². The topological polar surface area (TPSA) is 70.5 Å². The Kier molecular flexibility index (Phi) is 7.61. The summed E-state index contributed by atoms with van der Waals surface area (Å²) in [5.74, 6) is -2.72. The van der Waals surface area contributed by atoms with E-state index >= 15 is 0 Å². The van der Waals surface area contributed by atoms with Gasteiger partial charge in [0.15, 0.2) is 0 Å². The molecule has 1 aromatic heterocycles. The molecule has 0 atom stereocenters. The van der Waals surface area contributed by atoms with Crippen LogP contribution >= 0.6 is 11.6 Å². The maximum absolute atomic E-state index is 12.4. The normalized spacial score (nSPS) is 12.9. The molecule has 0 unspecified atom stereocenters. The minimum Gasteiger partial charge on any atom is -0.475 e. The van der Waals surface area contributed by atoms with Gasteiger partial charge in [-0.25, -0.2) is 4.79 Å². The second kappa shape index (κ2) is 10.3. The molecule has 4 rings (SSSR count). The zero-order chi connectivity index (χ0) is 25.0. The number of carboxylic acid groups (broad SMARTS) is 1. The van der Waals surface area contributed by atoms with Crippen LogP contribution in [0.5, 0.6) is 0 Å². The van der Waals surface area contributed by atoms with Crippen LogP contribution in [0.3, 0.4) is 0 Å². The molecule has 0 aliphatic carbocycles. The van der Waals surface area contributed by atoms with E-state index in [-0.39, 0.29) is 5.91 Å². The monoisotopic (exact) mass is 490 g/mol. The number of halogens is 4. The van der Waals surface area contributed by atoms with Crippen molar-refractivity contribution in [1.29, 1.82) is 0 Å². The minimum absolute atomic E-state index is 0.0327. The second-order valence-corrected chi connectivity index (χ2v) is 8.32. The first-order valence-corrected chi connectivity index (χ1v) is 10.7. The van der Waals surface area contributed by atoms with Crippen LogP contribution in [0.2, 0.25) is 5.02 Å². The summed E-state index contributed by atoms with van der Waals surface area (Å²) >= 11 is 6.19. The second-order valence-electron chi connectivity index (χ2n) is 7.89. The van der Waals surface area contributed by atoms with Gasteiger partial charge < -0.3 is 10.0 Å². The number of aryl methyl sites for hydroxylation is 3. The van der Waals surface area contributed by atoms with Gasteiger partial charge in [0, 0.05) is 29.4 Å². The van der Waals surface area contributed by atoms with Gasteiger partial charge in [0.1, 0.15) is 0 Å². The third-order valence-corrected chi connectivity index (χ3v) is 5.60. The summed E-state index contributed by atoms with van der Waals surface area (Å²) in [4.78, 5) is 27.7. The molecule has 9 heteroatoms. The molecule has 1 aliphatic heterocycles. The number of carbonyl (C=O) groups excluding carboxylic acids is 1. The van der Waals surface area contributed by atoms with Crippen molar-refractivity contribution >= 4 is 29.2 Å². The van der Waals surface area contributed by atoms with Crippen LogP contribution in [-0.4, -0.2) is 28.1 Å². The fourth-order valence-corrected chi connectivity index (χ4v) is 3.83. The van der Waals surface area contributed by atoms with E-state index in [9.17, 15) is 18.0 Å². The maximum Gasteiger partial charge on any atom is 0.490 e. The molecule has 3 aromatic rings. The SMILES string of the molecule is CC(=O)N1Cc2cc(-c3ccc(C)cn3)ccc2CCc2cc(Cl)ccc21.O=C(O)C(F)(F)F. The fourth-order valence-electron chi connectivity index (χ4n) is 3.64. The summed E-state index contributed by atoms with van der Waals surface area (Å²) in [6.45, 7) is 4.20. The van der Waals surface area contributed by atoms with Crippen LogP contribution in [0.25, 0.3) is 11.3 Å². The number of anilines is 1. The van der Waals surface area contributed by atoms with Crippen LogP contribution < -0.4 is 4.90 Å². The van der Waals surface area contributed by atoms with Crippen LogP contribution in [0, 0.1) is 6.92 Å². The van der Waals surface area contributed by atoms with Crippen molar-refractivity contribution in [1.82, 2.24) is 4.98 Å². The standard InChI is InChI=1S/C23H21ClN2O.C2HF3O2/c1-15-3-9-22(25-13-15)18-6-4-17-5-7-19-12-21(24)8-10-23(19)26(16(2)27)14-20(17)11-18;3-2(4,5)1(6)7/h3-4,6,8-13H,5,7,14H2,1-2H3;(H,6,7). The molecule has 0 radical (unpaired) electrons. The minimum atomic E-state index is -5.08. The maximum atomic E-state index is 12.4. The van der Waals surface area contributed by atoms with Crippen LogP contribution in [0.1, 0.15) is 29.2 Å². The summed E-state index contributed by atoms with van der Waals surface area (Å²) in [5, 5.41) is 7.83. The highest BCUT2D eigenvalue weighted by Crippen LogP contribution is 2.32. The lowest BCUT2D eigenvalue weighted by Crippen LogP contribution is -2.30. The van der Waals surface area contributed by atoms with Crippen molar-refractivity contribution < 1.29 is 27.9 Å². The number of aliphatic carboxylic acids is 1. The summed E-state index contributed by atoms with van der Waals surface area (Å²) in [5.41, 5.74) is 7.68. The van der Waals surface area contributed by atoms with E-state index in [1.165, 1.54) is 11.1 Å². The fraction of sp³-hybridized carbons (Fsp3) is 0.240. The molecule has 5 nitrogen and oxygen atoms in total. The van der Waals surface area contributed by atoms with Crippen LogP contribution in [-0.2, 0) is 29.0 Å². The lowest BCUT2D eigenvalue weighted by molar-refractivity contribution is -0.192. The number of carboxylic acids is 1. The quantitative estimate of drug-likeness (QED) is 0.454. The highest BCUT2D eigenvalue weighted by molar-refractivity contribution is 6.30.